The van der Waals surface area contributed by atoms with Crippen molar-refractivity contribution < 1.29 is 19.0 Å². The Hall–Kier alpha value is -0.650. The number of hydrogen-bond donors (Lipinski definition) is 1. The predicted octanol–water partition coefficient (Wildman–Crippen LogP) is 5.51. The first-order valence-corrected chi connectivity index (χ1v) is 12.3. The molecule has 0 aliphatic heterocycles. The Bertz CT molecular complexity index is 331. The van der Waals surface area contributed by atoms with Crippen LogP contribution in [0.3, 0.4) is 0 Å². The summed E-state index contributed by atoms with van der Waals surface area (Å²) < 4.78 is 16.6. The number of ether oxygens (including phenoxy) is 3. The molecule has 174 valence electrons. The molecule has 0 saturated heterocycles. The Labute approximate surface area is 180 Å². The van der Waals surface area contributed by atoms with E-state index < -0.39 is 0 Å². The molecule has 1 N–H and O–H groups in total. The van der Waals surface area contributed by atoms with E-state index in [9.17, 15) is 4.79 Å². The summed E-state index contributed by atoms with van der Waals surface area (Å²) in [6.45, 7) is 10.9. The van der Waals surface area contributed by atoms with Crippen LogP contribution >= 0.6 is 0 Å². The molecule has 0 unspecified atom stereocenters. The van der Waals surface area contributed by atoms with E-state index in [0.29, 0.717) is 39.6 Å². The fourth-order valence-corrected chi connectivity index (χ4v) is 3.22. The van der Waals surface area contributed by atoms with Crippen molar-refractivity contribution in [3.63, 3.8) is 0 Å². The van der Waals surface area contributed by atoms with E-state index in [0.717, 1.165) is 51.6 Å². The van der Waals surface area contributed by atoms with Gasteiger partial charge in [0.15, 0.2) is 0 Å². The van der Waals surface area contributed by atoms with Crippen molar-refractivity contribution in [2.24, 2.45) is 5.92 Å². The number of carbonyl (C=O) groups excluding carboxylic acids is 1. The maximum absolute atomic E-state index is 12.3. The summed E-state index contributed by atoms with van der Waals surface area (Å²) >= 11 is 0. The van der Waals surface area contributed by atoms with E-state index in [2.05, 4.69) is 26.1 Å². The molecule has 0 radical (unpaired) electrons. The molecular weight excluding hydrogens is 366 g/mol. The monoisotopic (exact) mass is 415 g/mol. The smallest absolute Gasteiger partial charge is 0.223 e. The van der Waals surface area contributed by atoms with Gasteiger partial charge in [-0.05, 0) is 19.3 Å². The van der Waals surface area contributed by atoms with Crippen LogP contribution in [0.2, 0.25) is 0 Å². The lowest BCUT2D eigenvalue weighted by molar-refractivity contribution is -0.125. The molecule has 0 aromatic rings. The summed E-state index contributed by atoms with van der Waals surface area (Å²) in [5, 5.41) is 3.02. The molecule has 0 atom stereocenters. The van der Waals surface area contributed by atoms with E-state index >= 15 is 0 Å². The van der Waals surface area contributed by atoms with Gasteiger partial charge in [0.1, 0.15) is 0 Å². The summed E-state index contributed by atoms with van der Waals surface area (Å²) in [7, 11) is 0. The topological polar surface area (TPSA) is 56.8 Å². The average Bonchev–Trinajstić information content (AvgIpc) is 2.73. The number of amides is 1. The molecule has 0 aromatic carbocycles. The number of nitrogens with one attached hydrogen (secondary N) is 1. The van der Waals surface area contributed by atoms with Gasteiger partial charge in [0.25, 0.3) is 0 Å². The lowest BCUT2D eigenvalue weighted by Crippen LogP contribution is -2.33. The lowest BCUT2D eigenvalue weighted by Gasteiger charge is -2.16. The molecular formula is C24H49NO4. The second kappa shape index (κ2) is 23.6. The highest BCUT2D eigenvalue weighted by atomic mass is 16.5. The molecule has 29 heavy (non-hydrogen) atoms. The molecule has 0 aromatic heterocycles. The maximum Gasteiger partial charge on any atom is 0.223 e. The molecule has 0 rings (SSSR count). The molecule has 0 fully saturated rings. The number of carbonyl (C=O) groups is 1. The Morgan fingerprint density at radius 2 is 1.10 bits per heavy atom. The molecule has 0 aliphatic carbocycles. The Morgan fingerprint density at radius 3 is 1.69 bits per heavy atom. The minimum Gasteiger partial charge on any atom is -0.379 e. The van der Waals surface area contributed by atoms with Gasteiger partial charge in [0.05, 0.1) is 33.0 Å². The van der Waals surface area contributed by atoms with Crippen LogP contribution in [0.25, 0.3) is 0 Å². The first-order valence-electron chi connectivity index (χ1n) is 12.3. The van der Waals surface area contributed by atoms with Crippen molar-refractivity contribution in [3.05, 3.63) is 0 Å². The minimum atomic E-state index is 0.162. The van der Waals surface area contributed by atoms with Gasteiger partial charge < -0.3 is 19.5 Å². The van der Waals surface area contributed by atoms with Crippen LogP contribution in [0.5, 0.6) is 0 Å². The van der Waals surface area contributed by atoms with E-state index in [-0.39, 0.29) is 11.8 Å². The number of rotatable bonds is 23. The Morgan fingerprint density at radius 1 is 0.621 bits per heavy atom. The van der Waals surface area contributed by atoms with Crippen LogP contribution in [0, 0.1) is 5.92 Å². The zero-order valence-electron chi connectivity index (χ0n) is 19.6. The van der Waals surface area contributed by atoms with Crippen LogP contribution in [0.1, 0.15) is 97.8 Å². The number of unbranched alkanes of at least 4 members (excludes halogenated alkanes) is 7. The first kappa shape index (κ1) is 28.4. The third-order valence-electron chi connectivity index (χ3n) is 5.11. The third kappa shape index (κ3) is 20.4. The molecule has 0 aliphatic rings. The highest BCUT2D eigenvalue weighted by molar-refractivity contribution is 5.78. The van der Waals surface area contributed by atoms with Crippen molar-refractivity contribution >= 4 is 5.91 Å². The number of hydrogen-bond acceptors (Lipinski definition) is 4. The van der Waals surface area contributed by atoms with Crippen LogP contribution in [0.15, 0.2) is 0 Å². The molecule has 0 spiro atoms. The second-order valence-electron chi connectivity index (χ2n) is 7.88. The highest BCUT2D eigenvalue weighted by Gasteiger charge is 2.16. The van der Waals surface area contributed by atoms with Crippen molar-refractivity contribution in [2.45, 2.75) is 97.8 Å². The second-order valence-corrected chi connectivity index (χ2v) is 7.88. The molecule has 0 saturated carbocycles. The van der Waals surface area contributed by atoms with Gasteiger partial charge in [-0.15, -0.1) is 0 Å². The predicted molar refractivity (Wildman–Crippen MR) is 121 cm³/mol. The third-order valence-corrected chi connectivity index (χ3v) is 5.11. The van der Waals surface area contributed by atoms with E-state index in [1.165, 1.54) is 32.1 Å². The summed E-state index contributed by atoms with van der Waals surface area (Å²) in [5.74, 6) is 0.351. The van der Waals surface area contributed by atoms with Gasteiger partial charge in [0.2, 0.25) is 5.91 Å². The Kier molecular flexibility index (Phi) is 23.1. The normalized spacial score (nSPS) is 11.3. The molecule has 5 heteroatoms. The zero-order valence-corrected chi connectivity index (χ0v) is 19.6. The molecule has 1 amide bonds. The lowest BCUT2D eigenvalue weighted by atomic mass is 9.95. The average molecular weight is 416 g/mol. The fraction of sp³-hybridized carbons (Fsp3) is 0.958. The summed E-state index contributed by atoms with van der Waals surface area (Å²) in [6.07, 6.45) is 14.3. The largest absolute Gasteiger partial charge is 0.379 e. The van der Waals surface area contributed by atoms with Crippen molar-refractivity contribution in [1.29, 1.82) is 0 Å². The fourth-order valence-electron chi connectivity index (χ4n) is 3.22. The SMILES string of the molecule is CCCCCCCCOCCOCCOCCNC(=O)C(CCCC)CCCC. The van der Waals surface area contributed by atoms with Gasteiger partial charge in [-0.1, -0.05) is 78.6 Å². The molecule has 5 nitrogen and oxygen atoms in total. The standard InChI is InChI=1S/C24H49NO4/c1-4-7-10-11-12-13-17-27-19-21-29-22-20-28-18-16-25-24(26)23(14-8-5-2)15-9-6-3/h23H,4-22H2,1-3H3,(H,25,26). The highest BCUT2D eigenvalue weighted by Crippen LogP contribution is 2.16. The van der Waals surface area contributed by atoms with Gasteiger partial charge in [-0.2, -0.15) is 0 Å². The minimum absolute atomic E-state index is 0.162. The summed E-state index contributed by atoms with van der Waals surface area (Å²) in [6, 6.07) is 0. The summed E-state index contributed by atoms with van der Waals surface area (Å²) in [4.78, 5) is 12.3. The summed E-state index contributed by atoms with van der Waals surface area (Å²) in [5.41, 5.74) is 0. The molecule has 0 heterocycles. The van der Waals surface area contributed by atoms with Crippen molar-refractivity contribution in [1.82, 2.24) is 5.32 Å². The van der Waals surface area contributed by atoms with Gasteiger partial charge in [-0.25, -0.2) is 0 Å². The van der Waals surface area contributed by atoms with Gasteiger partial charge >= 0.3 is 0 Å². The van der Waals surface area contributed by atoms with Crippen LogP contribution in [0.4, 0.5) is 0 Å². The van der Waals surface area contributed by atoms with Crippen molar-refractivity contribution in [3.8, 4) is 0 Å². The van der Waals surface area contributed by atoms with E-state index in [1.807, 2.05) is 0 Å². The maximum atomic E-state index is 12.3. The van der Waals surface area contributed by atoms with E-state index in [4.69, 9.17) is 14.2 Å². The quantitative estimate of drug-likeness (QED) is 0.224. The van der Waals surface area contributed by atoms with E-state index in [1.54, 1.807) is 0 Å². The zero-order chi connectivity index (χ0) is 21.4. The van der Waals surface area contributed by atoms with Crippen LogP contribution in [-0.4, -0.2) is 52.1 Å². The first-order chi connectivity index (χ1) is 14.3. The molecule has 0 bridgehead atoms. The van der Waals surface area contributed by atoms with Crippen molar-refractivity contribution in [2.75, 3.05) is 46.2 Å². The van der Waals surface area contributed by atoms with Gasteiger partial charge in [0, 0.05) is 19.1 Å². The Balaban J connectivity index is 3.39. The van der Waals surface area contributed by atoms with Gasteiger partial charge in [-0.3, -0.25) is 4.79 Å². The van der Waals surface area contributed by atoms with Crippen LogP contribution in [-0.2, 0) is 19.0 Å². The van der Waals surface area contributed by atoms with Crippen LogP contribution < -0.4 is 5.32 Å².